The maximum absolute atomic E-state index is 12.0. The number of methoxy groups -OCH3 is 1. The van der Waals surface area contributed by atoms with Crippen molar-refractivity contribution in [1.29, 1.82) is 0 Å². The van der Waals surface area contributed by atoms with Gasteiger partial charge < -0.3 is 10.1 Å². The van der Waals surface area contributed by atoms with Crippen molar-refractivity contribution in [3.8, 4) is 0 Å². The highest BCUT2D eigenvalue weighted by Crippen LogP contribution is 2.17. The molecule has 1 heterocycles. The van der Waals surface area contributed by atoms with Crippen LogP contribution in [0.2, 0.25) is 0 Å². The summed E-state index contributed by atoms with van der Waals surface area (Å²) >= 11 is 1.75. The van der Waals surface area contributed by atoms with Gasteiger partial charge in [0.05, 0.1) is 12.6 Å². The Morgan fingerprint density at radius 1 is 1.56 bits per heavy atom. The highest BCUT2D eigenvalue weighted by atomic mass is 32.2. The summed E-state index contributed by atoms with van der Waals surface area (Å²) < 4.78 is 5.08. The molecule has 1 aromatic rings. The van der Waals surface area contributed by atoms with E-state index in [9.17, 15) is 4.79 Å². The zero-order chi connectivity index (χ0) is 12.8. The van der Waals surface area contributed by atoms with Crippen LogP contribution < -0.4 is 10.6 Å². The smallest absolute Gasteiger partial charge is 0.242 e. The Balaban J connectivity index is 2.00. The number of hydrogen-bond donors (Lipinski definition) is 2. The first-order chi connectivity index (χ1) is 8.81. The number of anilines is 1. The third-order valence-corrected chi connectivity index (χ3v) is 3.82. The van der Waals surface area contributed by atoms with Gasteiger partial charge in [-0.3, -0.25) is 10.1 Å². The van der Waals surface area contributed by atoms with Crippen LogP contribution in [-0.2, 0) is 16.0 Å². The van der Waals surface area contributed by atoms with E-state index in [1.165, 1.54) is 0 Å². The minimum atomic E-state index is -0.0783. The lowest BCUT2D eigenvalue weighted by molar-refractivity contribution is -0.117. The molecule has 1 amide bonds. The van der Waals surface area contributed by atoms with E-state index >= 15 is 0 Å². The van der Waals surface area contributed by atoms with Crippen molar-refractivity contribution in [3.05, 3.63) is 29.8 Å². The summed E-state index contributed by atoms with van der Waals surface area (Å²) in [5.41, 5.74) is 2.00. The van der Waals surface area contributed by atoms with E-state index in [1.807, 2.05) is 24.3 Å². The molecule has 1 aromatic carbocycles. The molecule has 1 aliphatic rings. The Labute approximate surface area is 111 Å². The fraction of sp³-hybridized carbons (Fsp3) is 0.462. The van der Waals surface area contributed by atoms with Crippen molar-refractivity contribution in [2.45, 2.75) is 12.5 Å². The predicted octanol–water partition coefficient (Wildman–Crippen LogP) is 1.48. The van der Waals surface area contributed by atoms with Gasteiger partial charge in [-0.25, -0.2) is 0 Å². The van der Waals surface area contributed by atoms with Gasteiger partial charge in [-0.05, 0) is 18.1 Å². The van der Waals surface area contributed by atoms with E-state index < -0.39 is 0 Å². The Morgan fingerprint density at radius 2 is 2.39 bits per heavy atom. The number of amides is 1. The monoisotopic (exact) mass is 266 g/mol. The summed E-state index contributed by atoms with van der Waals surface area (Å²) in [6.45, 7) is 0.657. The highest BCUT2D eigenvalue weighted by molar-refractivity contribution is 7.99. The van der Waals surface area contributed by atoms with Crippen molar-refractivity contribution in [3.63, 3.8) is 0 Å². The average molecular weight is 266 g/mol. The SMILES string of the molecule is COCCc1ccccc1NC(=O)C1CSCN1. The minimum absolute atomic E-state index is 0.0462. The summed E-state index contributed by atoms with van der Waals surface area (Å²) in [6.07, 6.45) is 0.805. The van der Waals surface area contributed by atoms with Crippen molar-refractivity contribution in [2.24, 2.45) is 0 Å². The summed E-state index contributed by atoms with van der Waals surface area (Å²) in [7, 11) is 1.68. The molecular formula is C13H18N2O2S. The molecule has 0 radical (unpaired) electrons. The zero-order valence-corrected chi connectivity index (χ0v) is 11.3. The Morgan fingerprint density at radius 3 is 3.11 bits per heavy atom. The van der Waals surface area contributed by atoms with Crippen LogP contribution in [-0.4, -0.2) is 37.3 Å². The number of carbonyl (C=O) groups excluding carboxylic acids is 1. The molecule has 0 aromatic heterocycles. The standard InChI is InChI=1S/C13H18N2O2S/c1-17-7-6-10-4-2-3-5-11(10)15-13(16)12-8-18-9-14-12/h2-5,12,14H,6-9H2,1H3,(H,15,16). The number of thioether (sulfide) groups is 1. The van der Waals surface area contributed by atoms with Gasteiger partial charge in [-0.2, -0.15) is 0 Å². The molecule has 1 atom stereocenters. The van der Waals surface area contributed by atoms with E-state index in [4.69, 9.17) is 4.74 Å². The van der Waals surface area contributed by atoms with E-state index in [0.29, 0.717) is 6.61 Å². The molecule has 1 unspecified atom stereocenters. The molecular weight excluding hydrogens is 248 g/mol. The number of rotatable bonds is 5. The summed E-state index contributed by atoms with van der Waals surface area (Å²) in [6, 6.07) is 7.79. The number of benzene rings is 1. The molecule has 5 heteroatoms. The molecule has 2 rings (SSSR count). The molecule has 98 valence electrons. The van der Waals surface area contributed by atoms with Crippen LogP contribution in [0.25, 0.3) is 0 Å². The van der Waals surface area contributed by atoms with E-state index in [-0.39, 0.29) is 11.9 Å². The summed E-state index contributed by atoms with van der Waals surface area (Å²) in [5.74, 6) is 1.74. The Hall–Kier alpha value is -1.04. The van der Waals surface area contributed by atoms with Crippen LogP contribution in [0, 0.1) is 0 Å². The summed E-state index contributed by atoms with van der Waals surface area (Å²) in [4.78, 5) is 12.0. The average Bonchev–Trinajstić information content (AvgIpc) is 2.91. The number of carbonyl (C=O) groups is 1. The van der Waals surface area contributed by atoms with Gasteiger partial charge in [0.2, 0.25) is 5.91 Å². The third kappa shape index (κ3) is 3.48. The molecule has 4 nitrogen and oxygen atoms in total. The normalized spacial score (nSPS) is 18.8. The van der Waals surface area contributed by atoms with Crippen molar-refractivity contribution in [2.75, 3.05) is 30.7 Å². The molecule has 18 heavy (non-hydrogen) atoms. The second-order valence-electron chi connectivity index (χ2n) is 4.16. The van der Waals surface area contributed by atoms with Gasteiger partial charge in [0.15, 0.2) is 0 Å². The van der Waals surface area contributed by atoms with Crippen LogP contribution in [0.3, 0.4) is 0 Å². The van der Waals surface area contributed by atoms with Crippen LogP contribution in [0.5, 0.6) is 0 Å². The Kier molecular flexibility index (Phi) is 5.04. The number of nitrogens with one attached hydrogen (secondary N) is 2. The fourth-order valence-corrected chi connectivity index (χ4v) is 2.80. The molecule has 0 saturated carbocycles. The van der Waals surface area contributed by atoms with Crippen LogP contribution in [0.1, 0.15) is 5.56 Å². The largest absolute Gasteiger partial charge is 0.384 e. The molecule has 1 aliphatic heterocycles. The first-order valence-electron chi connectivity index (χ1n) is 6.00. The zero-order valence-electron chi connectivity index (χ0n) is 10.4. The van der Waals surface area contributed by atoms with Crippen LogP contribution in [0.4, 0.5) is 5.69 Å². The van der Waals surface area contributed by atoms with E-state index in [1.54, 1.807) is 18.9 Å². The topological polar surface area (TPSA) is 50.4 Å². The first-order valence-corrected chi connectivity index (χ1v) is 7.15. The van der Waals surface area contributed by atoms with Gasteiger partial charge in [-0.1, -0.05) is 18.2 Å². The van der Waals surface area contributed by atoms with Gasteiger partial charge in [0.1, 0.15) is 0 Å². The third-order valence-electron chi connectivity index (χ3n) is 2.88. The number of hydrogen-bond acceptors (Lipinski definition) is 4. The van der Waals surface area contributed by atoms with Crippen molar-refractivity contribution in [1.82, 2.24) is 5.32 Å². The molecule has 0 bridgehead atoms. The first kappa shape index (κ1) is 13.4. The lowest BCUT2D eigenvalue weighted by Gasteiger charge is -2.13. The number of para-hydroxylation sites is 1. The Bertz CT molecular complexity index is 406. The lowest BCUT2D eigenvalue weighted by atomic mass is 10.1. The van der Waals surface area contributed by atoms with Gasteiger partial charge >= 0.3 is 0 Å². The van der Waals surface area contributed by atoms with E-state index in [0.717, 1.165) is 29.3 Å². The fourth-order valence-electron chi connectivity index (χ4n) is 1.86. The van der Waals surface area contributed by atoms with Gasteiger partial charge in [0.25, 0.3) is 0 Å². The lowest BCUT2D eigenvalue weighted by Crippen LogP contribution is -2.37. The van der Waals surface area contributed by atoms with Crippen molar-refractivity contribution < 1.29 is 9.53 Å². The minimum Gasteiger partial charge on any atom is -0.384 e. The predicted molar refractivity (Wildman–Crippen MR) is 74.9 cm³/mol. The molecule has 2 N–H and O–H groups in total. The molecule has 1 fully saturated rings. The second-order valence-corrected chi connectivity index (χ2v) is 5.19. The number of ether oxygens (including phenoxy) is 1. The van der Waals surface area contributed by atoms with Gasteiger partial charge in [0, 0.05) is 24.4 Å². The maximum atomic E-state index is 12.0. The molecule has 0 spiro atoms. The maximum Gasteiger partial charge on any atom is 0.242 e. The second kappa shape index (κ2) is 6.78. The van der Waals surface area contributed by atoms with Crippen LogP contribution >= 0.6 is 11.8 Å². The molecule has 0 aliphatic carbocycles. The van der Waals surface area contributed by atoms with Gasteiger partial charge in [-0.15, -0.1) is 11.8 Å². The van der Waals surface area contributed by atoms with E-state index in [2.05, 4.69) is 10.6 Å². The quantitative estimate of drug-likeness (QED) is 0.847. The molecule has 1 saturated heterocycles. The van der Waals surface area contributed by atoms with Crippen LogP contribution in [0.15, 0.2) is 24.3 Å². The highest BCUT2D eigenvalue weighted by Gasteiger charge is 2.22. The van der Waals surface area contributed by atoms with Crippen molar-refractivity contribution >= 4 is 23.4 Å². The summed E-state index contributed by atoms with van der Waals surface area (Å²) in [5, 5.41) is 6.16.